The van der Waals surface area contributed by atoms with Gasteiger partial charge in [-0.05, 0) is 30.5 Å². The summed E-state index contributed by atoms with van der Waals surface area (Å²) >= 11 is 0. The Morgan fingerprint density at radius 2 is 2.00 bits per heavy atom. The molecule has 5 nitrogen and oxygen atoms in total. The number of methoxy groups -OCH3 is 3. The van der Waals surface area contributed by atoms with E-state index < -0.39 is 5.79 Å². The molecule has 0 bridgehead atoms. The summed E-state index contributed by atoms with van der Waals surface area (Å²) in [6.45, 7) is 1.11. The average molecular weight is 327 g/mol. The lowest BCUT2D eigenvalue weighted by atomic mass is 9.56. The molecule has 0 N–H and O–H groups in total. The molecule has 3 heterocycles. The van der Waals surface area contributed by atoms with E-state index in [1.54, 1.807) is 21.3 Å². The fourth-order valence-electron chi connectivity index (χ4n) is 6.39. The Morgan fingerprint density at radius 1 is 1.17 bits per heavy atom. The summed E-state index contributed by atoms with van der Waals surface area (Å²) in [5.74, 6) is 0.854. The molecule has 1 aromatic rings. The van der Waals surface area contributed by atoms with Crippen molar-refractivity contribution in [2.45, 2.75) is 41.7 Å². The molecule has 6 rings (SSSR count). The smallest absolute Gasteiger partial charge is 0.226 e. The van der Waals surface area contributed by atoms with Crippen LogP contribution in [0.5, 0.6) is 11.5 Å². The Balaban J connectivity index is 1.70. The van der Waals surface area contributed by atoms with Gasteiger partial charge in [-0.15, -0.1) is 0 Å². The van der Waals surface area contributed by atoms with Crippen LogP contribution in [0.25, 0.3) is 0 Å². The van der Waals surface area contributed by atoms with Crippen LogP contribution in [0.2, 0.25) is 0 Å². The van der Waals surface area contributed by atoms with Gasteiger partial charge in [-0.25, -0.2) is 0 Å². The van der Waals surface area contributed by atoms with Crippen LogP contribution in [0, 0.1) is 0 Å². The Bertz CT molecular complexity index is 801. The molecule has 5 atom stereocenters. The molecule has 1 aromatic carbocycles. The first-order valence-electron chi connectivity index (χ1n) is 8.63. The fourth-order valence-corrected chi connectivity index (χ4v) is 6.39. The number of piperidine rings is 1. The lowest BCUT2D eigenvalue weighted by Crippen LogP contribution is -2.64. The number of hydrogen-bond donors (Lipinski definition) is 0. The summed E-state index contributed by atoms with van der Waals surface area (Å²) in [7, 11) is 5.11. The van der Waals surface area contributed by atoms with Crippen LogP contribution < -0.4 is 9.47 Å². The zero-order chi connectivity index (χ0) is 16.3. The molecule has 2 fully saturated rings. The number of nitrogens with zero attached hydrogens (tertiary/aromatic N) is 1. The van der Waals surface area contributed by atoms with Crippen LogP contribution in [0.3, 0.4) is 0 Å². The third kappa shape index (κ3) is 1.06. The zero-order valence-corrected chi connectivity index (χ0v) is 14.2. The molecule has 3 aliphatic heterocycles. The SMILES string of the molecule is COc1ccc2c3c1O[C@H]1C(OC)(OC)C=CC45C(C2)N4CCC315. The minimum absolute atomic E-state index is 0.0723. The van der Waals surface area contributed by atoms with Gasteiger partial charge >= 0.3 is 0 Å². The van der Waals surface area contributed by atoms with E-state index in [1.165, 1.54) is 11.1 Å². The molecule has 5 aliphatic rings. The molecule has 2 aliphatic carbocycles. The Morgan fingerprint density at radius 3 is 2.75 bits per heavy atom. The van der Waals surface area contributed by atoms with Gasteiger partial charge in [0.2, 0.25) is 5.79 Å². The first kappa shape index (κ1) is 13.7. The van der Waals surface area contributed by atoms with Gasteiger partial charge in [0.25, 0.3) is 0 Å². The summed E-state index contributed by atoms with van der Waals surface area (Å²) < 4.78 is 24.0. The first-order chi connectivity index (χ1) is 11.7. The first-order valence-corrected chi connectivity index (χ1v) is 8.63. The van der Waals surface area contributed by atoms with Gasteiger partial charge < -0.3 is 18.9 Å². The van der Waals surface area contributed by atoms with E-state index in [0.29, 0.717) is 6.04 Å². The molecule has 24 heavy (non-hydrogen) atoms. The average Bonchev–Trinajstić information content (AvgIpc) is 2.92. The van der Waals surface area contributed by atoms with Crippen LogP contribution in [-0.4, -0.2) is 56.2 Å². The quantitative estimate of drug-likeness (QED) is 0.479. The molecule has 126 valence electrons. The highest BCUT2D eigenvalue weighted by molar-refractivity contribution is 5.68. The van der Waals surface area contributed by atoms with Crippen LogP contribution in [0.1, 0.15) is 17.5 Å². The summed E-state index contributed by atoms with van der Waals surface area (Å²) in [5.41, 5.74) is 2.71. The molecular formula is C19H21NO4. The minimum Gasteiger partial charge on any atom is -0.493 e. The van der Waals surface area contributed by atoms with Gasteiger partial charge in [0.1, 0.15) is 0 Å². The highest BCUT2D eigenvalue weighted by Crippen LogP contribution is 2.74. The van der Waals surface area contributed by atoms with Crippen molar-refractivity contribution in [3.8, 4) is 11.5 Å². The van der Waals surface area contributed by atoms with Crippen molar-refractivity contribution in [2.24, 2.45) is 0 Å². The number of benzene rings is 1. The van der Waals surface area contributed by atoms with Gasteiger partial charge in [-0.3, -0.25) is 4.90 Å². The lowest BCUT2D eigenvalue weighted by Gasteiger charge is -2.49. The van der Waals surface area contributed by atoms with E-state index in [-0.39, 0.29) is 17.1 Å². The van der Waals surface area contributed by atoms with Crippen molar-refractivity contribution in [3.63, 3.8) is 0 Å². The van der Waals surface area contributed by atoms with Gasteiger partial charge in [-0.1, -0.05) is 12.1 Å². The summed E-state index contributed by atoms with van der Waals surface area (Å²) in [6.07, 6.45) is 6.39. The molecule has 0 amide bonds. The predicted octanol–water partition coefficient (Wildman–Crippen LogP) is 1.64. The largest absolute Gasteiger partial charge is 0.493 e. The maximum Gasteiger partial charge on any atom is 0.226 e. The third-order valence-corrected chi connectivity index (χ3v) is 7.30. The van der Waals surface area contributed by atoms with Gasteiger partial charge in [0.15, 0.2) is 17.6 Å². The van der Waals surface area contributed by atoms with Crippen LogP contribution in [0.15, 0.2) is 24.3 Å². The Hall–Kier alpha value is -1.56. The van der Waals surface area contributed by atoms with Gasteiger partial charge in [0.05, 0.1) is 18.1 Å². The van der Waals surface area contributed by atoms with E-state index in [2.05, 4.69) is 23.1 Å². The van der Waals surface area contributed by atoms with E-state index in [0.717, 1.165) is 30.9 Å². The van der Waals surface area contributed by atoms with E-state index in [1.807, 2.05) is 6.07 Å². The molecule has 0 aromatic heterocycles. The predicted molar refractivity (Wildman–Crippen MR) is 86.5 cm³/mol. The van der Waals surface area contributed by atoms with Crippen LogP contribution >= 0.6 is 0 Å². The van der Waals surface area contributed by atoms with Crippen molar-refractivity contribution in [3.05, 3.63) is 35.4 Å². The molecule has 2 saturated heterocycles. The monoisotopic (exact) mass is 327 g/mol. The molecule has 4 unspecified atom stereocenters. The van der Waals surface area contributed by atoms with E-state index in [9.17, 15) is 0 Å². The second-order valence-corrected chi connectivity index (χ2v) is 7.55. The summed E-state index contributed by atoms with van der Waals surface area (Å²) in [6, 6.07) is 4.83. The maximum absolute atomic E-state index is 6.58. The van der Waals surface area contributed by atoms with Crippen LogP contribution in [-0.2, 0) is 21.3 Å². The Kier molecular flexibility index (Phi) is 2.18. The number of rotatable bonds is 3. The van der Waals surface area contributed by atoms with Gasteiger partial charge in [-0.2, -0.15) is 0 Å². The summed E-state index contributed by atoms with van der Waals surface area (Å²) in [5, 5.41) is 0. The topological polar surface area (TPSA) is 39.9 Å². The number of hydrogen-bond acceptors (Lipinski definition) is 5. The van der Waals surface area contributed by atoms with E-state index >= 15 is 0 Å². The Labute approximate surface area is 141 Å². The second-order valence-electron chi connectivity index (χ2n) is 7.55. The van der Waals surface area contributed by atoms with Crippen molar-refractivity contribution in [1.82, 2.24) is 4.90 Å². The molecule has 5 heteroatoms. The molecule has 2 spiro atoms. The summed E-state index contributed by atoms with van der Waals surface area (Å²) in [4.78, 5) is 2.64. The maximum atomic E-state index is 6.58. The number of fused-ring (bicyclic) bond motifs is 1. The van der Waals surface area contributed by atoms with E-state index in [4.69, 9.17) is 18.9 Å². The lowest BCUT2D eigenvalue weighted by molar-refractivity contribution is -0.235. The normalized spacial score (nSPS) is 43.9. The molecule has 0 radical (unpaired) electrons. The highest BCUT2D eigenvalue weighted by atomic mass is 16.7. The zero-order valence-electron chi connectivity index (χ0n) is 14.2. The van der Waals surface area contributed by atoms with Crippen molar-refractivity contribution >= 4 is 0 Å². The minimum atomic E-state index is -0.854. The molecular weight excluding hydrogens is 306 g/mol. The molecule has 0 saturated carbocycles. The van der Waals surface area contributed by atoms with Crippen molar-refractivity contribution in [1.29, 1.82) is 0 Å². The standard InChI is InChI=1S/C19H21NO4/c1-21-12-5-4-11-10-13-18-6-7-19(22-2,23-3)16-17(18,8-9-20(13)18)14(11)15(12)24-16/h4-7,13,16H,8-10H2,1-3H3/t13?,16-,17?,18?,20?/m1/s1. The third-order valence-electron chi connectivity index (χ3n) is 7.30. The van der Waals surface area contributed by atoms with Crippen LogP contribution in [0.4, 0.5) is 0 Å². The van der Waals surface area contributed by atoms with Crippen molar-refractivity contribution < 1.29 is 18.9 Å². The van der Waals surface area contributed by atoms with Gasteiger partial charge in [0, 0.05) is 32.4 Å². The highest BCUT2D eigenvalue weighted by Gasteiger charge is 2.85. The second kappa shape index (κ2) is 3.82. The fraction of sp³-hybridized carbons (Fsp3) is 0.579. The van der Waals surface area contributed by atoms with Crippen molar-refractivity contribution in [2.75, 3.05) is 27.9 Å². The number of ether oxygens (including phenoxy) is 4.